The third kappa shape index (κ3) is 3.30. The highest BCUT2D eigenvalue weighted by Gasteiger charge is 2.34. The number of hydrogen-bond donors (Lipinski definition) is 1. The van der Waals surface area contributed by atoms with Crippen molar-refractivity contribution in [3.63, 3.8) is 0 Å². The monoisotopic (exact) mass is 324 g/mol. The highest BCUT2D eigenvalue weighted by atomic mass is 79.9. The third-order valence-electron chi connectivity index (χ3n) is 3.82. The molecule has 0 heterocycles. The van der Waals surface area contributed by atoms with E-state index in [9.17, 15) is 4.79 Å². The highest BCUT2D eigenvalue weighted by molar-refractivity contribution is 9.09. The van der Waals surface area contributed by atoms with E-state index in [1.807, 2.05) is 43.3 Å². The van der Waals surface area contributed by atoms with Crippen LogP contribution in [0.25, 0.3) is 0 Å². The zero-order valence-electron chi connectivity index (χ0n) is 11.6. The molecule has 0 aromatic heterocycles. The van der Waals surface area contributed by atoms with Crippen molar-refractivity contribution in [2.45, 2.75) is 31.2 Å². The van der Waals surface area contributed by atoms with Gasteiger partial charge in [-0.2, -0.15) is 0 Å². The average molecular weight is 325 g/mol. The van der Waals surface area contributed by atoms with Gasteiger partial charge in [0.2, 0.25) is 0 Å². The molecule has 1 aromatic carbocycles. The number of carbonyl (C=O) groups is 1. The molecule has 1 aliphatic rings. The molecule has 0 spiro atoms. The highest BCUT2D eigenvalue weighted by Crippen LogP contribution is 2.31. The lowest BCUT2D eigenvalue weighted by Crippen LogP contribution is -2.47. The molecule has 0 saturated heterocycles. The summed E-state index contributed by atoms with van der Waals surface area (Å²) in [5.74, 6) is 0.0325. The van der Waals surface area contributed by atoms with Crippen molar-refractivity contribution in [3.05, 3.63) is 29.8 Å². The Labute approximate surface area is 123 Å². The lowest BCUT2D eigenvalue weighted by Gasteiger charge is -2.28. The molecular formula is C15H21BrN2O. The Balaban J connectivity index is 2.13. The van der Waals surface area contributed by atoms with Crippen molar-refractivity contribution in [1.82, 2.24) is 5.32 Å². The van der Waals surface area contributed by atoms with Gasteiger partial charge in [0.25, 0.3) is 5.91 Å². The minimum absolute atomic E-state index is 0.0325. The van der Waals surface area contributed by atoms with Gasteiger partial charge in [-0.15, -0.1) is 0 Å². The van der Waals surface area contributed by atoms with Crippen molar-refractivity contribution in [2.24, 2.45) is 0 Å². The van der Waals surface area contributed by atoms with Crippen LogP contribution in [0.2, 0.25) is 0 Å². The maximum Gasteiger partial charge on any atom is 0.251 e. The van der Waals surface area contributed by atoms with Gasteiger partial charge >= 0.3 is 0 Å². The first-order chi connectivity index (χ1) is 9.06. The summed E-state index contributed by atoms with van der Waals surface area (Å²) < 4.78 is 0. The summed E-state index contributed by atoms with van der Waals surface area (Å²) in [5.41, 5.74) is 1.73. The molecule has 104 valence electrons. The maximum atomic E-state index is 12.4. The van der Waals surface area contributed by atoms with Gasteiger partial charge in [0, 0.05) is 30.7 Å². The second-order valence-electron chi connectivity index (χ2n) is 5.52. The van der Waals surface area contributed by atoms with E-state index in [4.69, 9.17) is 0 Å². The Hall–Kier alpha value is -1.03. The van der Waals surface area contributed by atoms with E-state index in [2.05, 4.69) is 21.2 Å². The predicted molar refractivity (Wildman–Crippen MR) is 83.2 cm³/mol. The van der Waals surface area contributed by atoms with Crippen LogP contribution in [0.1, 0.15) is 36.0 Å². The zero-order chi connectivity index (χ0) is 13.9. The van der Waals surface area contributed by atoms with E-state index in [0.29, 0.717) is 0 Å². The molecule has 0 bridgehead atoms. The summed E-state index contributed by atoms with van der Waals surface area (Å²) in [6.07, 6.45) is 4.53. The standard InChI is InChI=1S/C15H21BrN2O/c1-18(2)13-7-5-6-12(10-13)14(19)17-15(11-16)8-3-4-9-15/h5-7,10H,3-4,8-9,11H2,1-2H3,(H,17,19). The number of anilines is 1. The van der Waals surface area contributed by atoms with Crippen LogP contribution in [-0.4, -0.2) is 30.9 Å². The largest absolute Gasteiger partial charge is 0.378 e. The van der Waals surface area contributed by atoms with Gasteiger partial charge in [0.15, 0.2) is 0 Å². The molecule has 1 aliphatic carbocycles. The fourth-order valence-electron chi connectivity index (χ4n) is 2.58. The molecule has 0 atom stereocenters. The Morgan fingerprint density at radius 3 is 2.63 bits per heavy atom. The van der Waals surface area contributed by atoms with Crippen LogP contribution in [0.4, 0.5) is 5.69 Å². The van der Waals surface area contributed by atoms with Gasteiger partial charge in [-0.3, -0.25) is 4.79 Å². The molecule has 19 heavy (non-hydrogen) atoms. The lowest BCUT2D eigenvalue weighted by atomic mass is 10.00. The van der Waals surface area contributed by atoms with E-state index >= 15 is 0 Å². The summed E-state index contributed by atoms with van der Waals surface area (Å²) in [6, 6.07) is 7.75. The minimum Gasteiger partial charge on any atom is -0.378 e. The molecule has 0 unspecified atom stereocenters. The fourth-order valence-corrected chi connectivity index (χ4v) is 3.28. The molecule has 1 N–H and O–H groups in total. The number of amides is 1. The third-order valence-corrected chi connectivity index (χ3v) is 4.89. The Kier molecular flexibility index (Phi) is 4.50. The molecule has 0 radical (unpaired) electrons. The molecule has 0 aliphatic heterocycles. The summed E-state index contributed by atoms with van der Waals surface area (Å²) in [7, 11) is 3.96. The summed E-state index contributed by atoms with van der Waals surface area (Å²) in [6.45, 7) is 0. The smallest absolute Gasteiger partial charge is 0.251 e. The molecule has 3 nitrogen and oxygen atoms in total. The number of benzene rings is 1. The topological polar surface area (TPSA) is 32.3 Å². The van der Waals surface area contributed by atoms with Crippen molar-refractivity contribution >= 4 is 27.5 Å². The van der Waals surface area contributed by atoms with Gasteiger partial charge in [0.1, 0.15) is 0 Å². The number of nitrogens with one attached hydrogen (secondary N) is 1. The van der Waals surface area contributed by atoms with E-state index in [-0.39, 0.29) is 11.4 Å². The van der Waals surface area contributed by atoms with Gasteiger partial charge in [-0.25, -0.2) is 0 Å². The number of rotatable bonds is 4. The van der Waals surface area contributed by atoms with Gasteiger partial charge in [-0.1, -0.05) is 34.8 Å². The Morgan fingerprint density at radius 1 is 1.37 bits per heavy atom. The second-order valence-corrected chi connectivity index (χ2v) is 6.08. The van der Waals surface area contributed by atoms with Gasteiger partial charge in [0.05, 0.1) is 5.54 Å². The van der Waals surface area contributed by atoms with E-state index in [0.717, 1.165) is 29.4 Å². The molecule has 4 heteroatoms. The first-order valence-electron chi connectivity index (χ1n) is 6.72. The lowest BCUT2D eigenvalue weighted by molar-refractivity contribution is 0.0910. The number of alkyl halides is 1. The van der Waals surface area contributed by atoms with Crippen LogP contribution in [0.5, 0.6) is 0 Å². The first kappa shape index (κ1) is 14.4. The quantitative estimate of drug-likeness (QED) is 0.863. The van der Waals surface area contributed by atoms with Crippen molar-refractivity contribution in [1.29, 1.82) is 0 Å². The predicted octanol–water partition coefficient (Wildman–Crippen LogP) is 3.19. The van der Waals surface area contributed by atoms with Crippen LogP contribution in [0.15, 0.2) is 24.3 Å². The normalized spacial score (nSPS) is 17.2. The van der Waals surface area contributed by atoms with Crippen LogP contribution >= 0.6 is 15.9 Å². The van der Waals surface area contributed by atoms with Crippen molar-refractivity contribution in [2.75, 3.05) is 24.3 Å². The maximum absolute atomic E-state index is 12.4. The minimum atomic E-state index is -0.0504. The molecule has 1 aromatic rings. The van der Waals surface area contributed by atoms with Crippen LogP contribution in [-0.2, 0) is 0 Å². The van der Waals surface area contributed by atoms with E-state index in [1.54, 1.807) is 0 Å². The molecule has 1 fully saturated rings. The first-order valence-corrected chi connectivity index (χ1v) is 7.84. The Bertz CT molecular complexity index is 453. The number of carbonyl (C=O) groups excluding carboxylic acids is 1. The zero-order valence-corrected chi connectivity index (χ0v) is 13.2. The fraction of sp³-hybridized carbons (Fsp3) is 0.533. The average Bonchev–Trinajstić information content (AvgIpc) is 2.88. The van der Waals surface area contributed by atoms with Crippen molar-refractivity contribution < 1.29 is 4.79 Å². The number of hydrogen-bond acceptors (Lipinski definition) is 2. The van der Waals surface area contributed by atoms with Gasteiger partial charge < -0.3 is 10.2 Å². The van der Waals surface area contributed by atoms with Crippen LogP contribution in [0.3, 0.4) is 0 Å². The van der Waals surface area contributed by atoms with Crippen LogP contribution < -0.4 is 10.2 Å². The molecule has 2 rings (SSSR count). The number of halogens is 1. The SMILES string of the molecule is CN(C)c1cccc(C(=O)NC2(CBr)CCCC2)c1. The Morgan fingerprint density at radius 2 is 2.05 bits per heavy atom. The van der Waals surface area contributed by atoms with Gasteiger partial charge in [-0.05, 0) is 31.0 Å². The van der Waals surface area contributed by atoms with E-state index < -0.39 is 0 Å². The molecular weight excluding hydrogens is 304 g/mol. The number of nitrogens with zero attached hydrogens (tertiary/aromatic N) is 1. The van der Waals surface area contributed by atoms with E-state index in [1.165, 1.54) is 12.8 Å². The van der Waals surface area contributed by atoms with Crippen LogP contribution in [0, 0.1) is 0 Å². The molecule has 1 amide bonds. The summed E-state index contributed by atoms with van der Waals surface area (Å²) >= 11 is 3.55. The second kappa shape index (κ2) is 5.95. The molecule has 1 saturated carbocycles. The summed E-state index contributed by atoms with van der Waals surface area (Å²) in [5, 5.41) is 4.05. The van der Waals surface area contributed by atoms with Crippen molar-refractivity contribution in [3.8, 4) is 0 Å². The summed E-state index contributed by atoms with van der Waals surface area (Å²) in [4.78, 5) is 14.4.